The largest absolute Gasteiger partial charge is 0.483 e. The quantitative estimate of drug-likeness (QED) is 0.685. The van der Waals surface area contributed by atoms with Crippen LogP contribution in [0.1, 0.15) is 55.2 Å². The molecule has 1 aromatic carbocycles. The van der Waals surface area contributed by atoms with Crippen LogP contribution in [0.2, 0.25) is 0 Å². The van der Waals surface area contributed by atoms with Gasteiger partial charge in [0, 0.05) is 12.1 Å². The molecule has 7 heteroatoms. The predicted molar refractivity (Wildman–Crippen MR) is 115 cm³/mol. The summed E-state index contributed by atoms with van der Waals surface area (Å²) in [6.07, 6.45) is 6.46. The van der Waals surface area contributed by atoms with Crippen molar-refractivity contribution in [2.24, 2.45) is 11.8 Å². The Balaban J connectivity index is 1.41. The highest BCUT2D eigenvalue weighted by Gasteiger charge is 2.26. The van der Waals surface area contributed by atoms with E-state index >= 15 is 0 Å². The molecule has 1 fully saturated rings. The molecule has 1 aromatic heterocycles. The van der Waals surface area contributed by atoms with Crippen molar-refractivity contribution >= 4 is 22.8 Å². The fourth-order valence-electron chi connectivity index (χ4n) is 4.85. The van der Waals surface area contributed by atoms with Gasteiger partial charge in [-0.05, 0) is 87.5 Å². The zero-order chi connectivity index (χ0) is 22.0. The minimum absolute atomic E-state index is 0.114. The van der Waals surface area contributed by atoms with Crippen LogP contribution in [0, 0.1) is 18.8 Å². The van der Waals surface area contributed by atoms with E-state index in [1.807, 2.05) is 19.1 Å². The van der Waals surface area contributed by atoms with Crippen molar-refractivity contribution in [1.82, 2.24) is 5.32 Å². The first-order valence-corrected chi connectivity index (χ1v) is 11.1. The SMILES string of the molecule is Cc1cc(OCC(=O)NCC2CCC(C(=O)O)CC2)c2c3c(c(=O)oc2c1)CCCC3. The van der Waals surface area contributed by atoms with E-state index in [4.69, 9.17) is 14.3 Å². The van der Waals surface area contributed by atoms with Crippen LogP contribution in [-0.4, -0.2) is 30.1 Å². The molecular formula is C24H29NO6. The molecule has 1 saturated carbocycles. The lowest BCUT2D eigenvalue weighted by atomic mass is 9.82. The Kier molecular flexibility index (Phi) is 6.30. The number of fused-ring (bicyclic) bond motifs is 3. The molecule has 0 radical (unpaired) electrons. The topological polar surface area (TPSA) is 106 Å². The number of carboxylic acid groups (broad SMARTS) is 1. The van der Waals surface area contributed by atoms with Crippen molar-refractivity contribution in [2.75, 3.05) is 13.2 Å². The number of rotatable bonds is 6. The zero-order valence-corrected chi connectivity index (χ0v) is 17.9. The summed E-state index contributed by atoms with van der Waals surface area (Å²) in [5, 5.41) is 12.8. The Morgan fingerprint density at radius 3 is 2.55 bits per heavy atom. The van der Waals surface area contributed by atoms with E-state index in [1.165, 1.54) is 0 Å². The number of carboxylic acids is 1. The first kappa shape index (κ1) is 21.4. The van der Waals surface area contributed by atoms with E-state index in [2.05, 4.69) is 5.32 Å². The van der Waals surface area contributed by atoms with Gasteiger partial charge in [-0.25, -0.2) is 4.79 Å². The van der Waals surface area contributed by atoms with Gasteiger partial charge in [0.05, 0.1) is 11.3 Å². The van der Waals surface area contributed by atoms with E-state index in [0.717, 1.165) is 54.2 Å². The van der Waals surface area contributed by atoms with Crippen LogP contribution in [0.15, 0.2) is 21.3 Å². The van der Waals surface area contributed by atoms with Gasteiger partial charge in [-0.1, -0.05) is 0 Å². The number of carbonyl (C=O) groups excluding carboxylic acids is 1. The molecule has 31 heavy (non-hydrogen) atoms. The molecule has 1 heterocycles. The number of amides is 1. The molecule has 7 nitrogen and oxygen atoms in total. The monoisotopic (exact) mass is 427 g/mol. The average molecular weight is 427 g/mol. The van der Waals surface area contributed by atoms with E-state index < -0.39 is 5.97 Å². The highest BCUT2D eigenvalue weighted by Crippen LogP contribution is 2.34. The molecule has 2 aliphatic rings. The second-order valence-electron chi connectivity index (χ2n) is 8.84. The van der Waals surface area contributed by atoms with Gasteiger partial charge in [0.1, 0.15) is 11.3 Å². The Bertz CT molecular complexity index is 1050. The summed E-state index contributed by atoms with van der Waals surface area (Å²) < 4.78 is 11.5. The summed E-state index contributed by atoms with van der Waals surface area (Å²) in [6.45, 7) is 2.32. The average Bonchev–Trinajstić information content (AvgIpc) is 2.76. The molecule has 1 amide bonds. The third-order valence-electron chi connectivity index (χ3n) is 6.57. The summed E-state index contributed by atoms with van der Waals surface area (Å²) in [5.41, 5.74) is 2.86. The molecule has 0 bridgehead atoms. The van der Waals surface area contributed by atoms with Crippen LogP contribution in [0.3, 0.4) is 0 Å². The van der Waals surface area contributed by atoms with Crippen LogP contribution in [0.4, 0.5) is 0 Å². The molecule has 0 unspecified atom stereocenters. The second-order valence-corrected chi connectivity index (χ2v) is 8.84. The third kappa shape index (κ3) is 4.75. The minimum Gasteiger partial charge on any atom is -0.483 e. The van der Waals surface area contributed by atoms with Gasteiger partial charge in [-0.3, -0.25) is 9.59 Å². The number of ether oxygens (including phenoxy) is 1. The second kappa shape index (κ2) is 9.12. The number of carbonyl (C=O) groups is 2. The number of hydrogen-bond donors (Lipinski definition) is 2. The standard InChI is InChI=1S/C24H29NO6/c1-14-10-19(22-17-4-2-3-5-18(17)24(29)31-20(22)11-14)30-13-21(26)25-12-15-6-8-16(9-7-15)23(27)28/h10-11,15-16H,2-9,12-13H2,1H3,(H,25,26)(H,27,28). The maximum Gasteiger partial charge on any atom is 0.339 e. The summed E-state index contributed by atoms with van der Waals surface area (Å²) in [5.74, 6) is -0.300. The van der Waals surface area contributed by atoms with Gasteiger partial charge in [0.2, 0.25) is 0 Å². The molecule has 0 aliphatic heterocycles. The molecule has 2 aromatic rings. The molecular weight excluding hydrogens is 398 g/mol. The lowest BCUT2D eigenvalue weighted by Crippen LogP contribution is -2.35. The smallest absolute Gasteiger partial charge is 0.339 e. The summed E-state index contributed by atoms with van der Waals surface area (Å²) in [4.78, 5) is 35.8. The van der Waals surface area contributed by atoms with Gasteiger partial charge in [0.15, 0.2) is 6.61 Å². The van der Waals surface area contributed by atoms with Crippen LogP contribution in [0.5, 0.6) is 5.75 Å². The minimum atomic E-state index is -0.723. The highest BCUT2D eigenvalue weighted by molar-refractivity contribution is 5.89. The lowest BCUT2D eigenvalue weighted by molar-refractivity contribution is -0.143. The van der Waals surface area contributed by atoms with Crippen molar-refractivity contribution in [3.8, 4) is 5.75 Å². The first-order valence-electron chi connectivity index (χ1n) is 11.1. The molecule has 166 valence electrons. The van der Waals surface area contributed by atoms with E-state index in [0.29, 0.717) is 43.1 Å². The number of nitrogens with one attached hydrogen (secondary N) is 1. The number of aryl methyl sites for hydroxylation is 2. The molecule has 0 atom stereocenters. The first-order chi connectivity index (χ1) is 14.9. The molecule has 4 rings (SSSR count). The van der Waals surface area contributed by atoms with Crippen molar-refractivity contribution in [1.29, 1.82) is 0 Å². The summed E-state index contributed by atoms with van der Waals surface area (Å²) in [7, 11) is 0. The van der Waals surface area contributed by atoms with Crippen LogP contribution in [0.25, 0.3) is 11.0 Å². The van der Waals surface area contributed by atoms with E-state index in [9.17, 15) is 14.4 Å². The Morgan fingerprint density at radius 2 is 1.84 bits per heavy atom. The van der Waals surface area contributed by atoms with Gasteiger partial charge < -0.3 is 19.6 Å². The highest BCUT2D eigenvalue weighted by atomic mass is 16.5. The lowest BCUT2D eigenvalue weighted by Gasteiger charge is -2.26. The molecule has 2 aliphatic carbocycles. The maximum absolute atomic E-state index is 12.4. The molecule has 0 saturated heterocycles. The Morgan fingerprint density at radius 1 is 1.13 bits per heavy atom. The molecule has 2 N–H and O–H groups in total. The van der Waals surface area contributed by atoms with Gasteiger partial charge in [-0.2, -0.15) is 0 Å². The Hall–Kier alpha value is -2.83. The van der Waals surface area contributed by atoms with Crippen LogP contribution in [-0.2, 0) is 22.4 Å². The van der Waals surface area contributed by atoms with Gasteiger partial charge >= 0.3 is 11.6 Å². The third-order valence-corrected chi connectivity index (χ3v) is 6.57. The van der Waals surface area contributed by atoms with Crippen molar-refractivity contribution in [2.45, 2.75) is 58.3 Å². The van der Waals surface area contributed by atoms with E-state index in [-0.39, 0.29) is 24.1 Å². The van der Waals surface area contributed by atoms with Gasteiger partial charge in [0.25, 0.3) is 5.91 Å². The normalized spacial score (nSPS) is 20.8. The number of aliphatic carboxylic acids is 1. The fourth-order valence-corrected chi connectivity index (χ4v) is 4.85. The predicted octanol–water partition coefficient (Wildman–Crippen LogP) is 3.37. The fraction of sp³-hybridized carbons (Fsp3) is 0.542. The maximum atomic E-state index is 12.4. The van der Waals surface area contributed by atoms with Crippen molar-refractivity contribution in [3.63, 3.8) is 0 Å². The zero-order valence-electron chi connectivity index (χ0n) is 17.9. The number of benzene rings is 1. The van der Waals surface area contributed by atoms with Crippen molar-refractivity contribution < 1.29 is 23.8 Å². The van der Waals surface area contributed by atoms with Crippen LogP contribution < -0.4 is 15.7 Å². The molecule has 0 spiro atoms. The van der Waals surface area contributed by atoms with Crippen LogP contribution >= 0.6 is 0 Å². The number of hydrogen-bond acceptors (Lipinski definition) is 5. The Labute approximate surface area is 180 Å². The summed E-state index contributed by atoms with van der Waals surface area (Å²) >= 11 is 0. The van der Waals surface area contributed by atoms with Crippen molar-refractivity contribution in [3.05, 3.63) is 39.2 Å². The van der Waals surface area contributed by atoms with E-state index in [1.54, 1.807) is 0 Å². The summed E-state index contributed by atoms with van der Waals surface area (Å²) in [6, 6.07) is 3.73. The van der Waals surface area contributed by atoms with Gasteiger partial charge in [-0.15, -0.1) is 0 Å².